The number of halogens is 2. The van der Waals surface area contributed by atoms with Crippen LogP contribution in [0.2, 0.25) is 0 Å². The van der Waals surface area contributed by atoms with E-state index in [0.29, 0.717) is 41.6 Å². The maximum absolute atomic E-state index is 14.2. The molecule has 9 heteroatoms. The fraction of sp³-hybridized carbons (Fsp3) is 0.100. The third-order valence-electron chi connectivity index (χ3n) is 4.20. The lowest BCUT2D eigenvalue weighted by molar-refractivity contribution is 0.585. The Bertz CT molecular complexity index is 1200. The van der Waals surface area contributed by atoms with E-state index in [-0.39, 0.29) is 5.56 Å². The summed E-state index contributed by atoms with van der Waals surface area (Å²) in [7, 11) is 0. The van der Waals surface area contributed by atoms with Gasteiger partial charge in [0.05, 0.1) is 11.3 Å². The van der Waals surface area contributed by atoms with Gasteiger partial charge in [0.15, 0.2) is 11.5 Å². The number of aromatic nitrogens is 4. The average Bonchev–Trinajstić information content (AvgIpc) is 3.20. The van der Waals surface area contributed by atoms with Crippen LogP contribution in [0.1, 0.15) is 5.56 Å². The van der Waals surface area contributed by atoms with E-state index in [1.54, 1.807) is 35.1 Å². The van der Waals surface area contributed by atoms with Crippen LogP contribution in [0.25, 0.3) is 16.9 Å². The Morgan fingerprint density at radius 3 is 2.69 bits per heavy atom. The normalized spacial score (nSPS) is 10.7. The molecule has 4 rings (SSSR count). The SMILES string of the molecule is N#Cc1ccc(NCCNc2nc(-c3ccc(F)cc3F)cn3ccnc23)nc1. The number of pyridine rings is 1. The number of hydrogen-bond donors (Lipinski definition) is 2. The van der Waals surface area contributed by atoms with Gasteiger partial charge in [-0.1, -0.05) is 0 Å². The summed E-state index contributed by atoms with van der Waals surface area (Å²) in [4.78, 5) is 12.9. The summed E-state index contributed by atoms with van der Waals surface area (Å²) in [5.41, 5.74) is 1.64. The van der Waals surface area contributed by atoms with E-state index in [2.05, 4.69) is 25.6 Å². The monoisotopic (exact) mass is 391 g/mol. The minimum absolute atomic E-state index is 0.199. The zero-order chi connectivity index (χ0) is 20.2. The number of nitriles is 1. The van der Waals surface area contributed by atoms with Crippen molar-refractivity contribution in [3.8, 4) is 17.3 Å². The van der Waals surface area contributed by atoms with Crippen molar-refractivity contribution in [1.29, 1.82) is 5.26 Å². The predicted molar refractivity (Wildman–Crippen MR) is 104 cm³/mol. The summed E-state index contributed by atoms with van der Waals surface area (Å²) in [5, 5.41) is 15.1. The molecule has 0 amide bonds. The molecule has 0 aliphatic rings. The largest absolute Gasteiger partial charge is 0.368 e. The van der Waals surface area contributed by atoms with E-state index >= 15 is 0 Å². The average molecular weight is 391 g/mol. The highest BCUT2D eigenvalue weighted by molar-refractivity contribution is 5.69. The van der Waals surface area contributed by atoms with Gasteiger partial charge in [0.2, 0.25) is 0 Å². The van der Waals surface area contributed by atoms with Crippen molar-refractivity contribution in [2.75, 3.05) is 23.7 Å². The van der Waals surface area contributed by atoms with Gasteiger partial charge in [0.1, 0.15) is 23.5 Å². The number of imidazole rings is 1. The standard InChI is InChI=1S/C20H15F2N7/c21-14-2-3-15(16(22)9-14)17-12-29-8-7-26-20(29)19(28-17)25-6-5-24-18-4-1-13(10-23)11-27-18/h1-4,7-9,11-12H,5-6H2,(H,24,27)(H,25,28). The van der Waals surface area contributed by atoms with Gasteiger partial charge >= 0.3 is 0 Å². The second-order valence-corrected chi connectivity index (χ2v) is 6.15. The molecule has 3 heterocycles. The fourth-order valence-electron chi connectivity index (χ4n) is 2.81. The first-order valence-corrected chi connectivity index (χ1v) is 8.77. The number of nitrogens with zero attached hydrogens (tertiary/aromatic N) is 5. The summed E-state index contributed by atoms with van der Waals surface area (Å²) in [6.45, 7) is 1.02. The molecule has 0 radical (unpaired) electrons. The van der Waals surface area contributed by atoms with Crippen molar-refractivity contribution >= 4 is 17.3 Å². The molecule has 0 spiro atoms. The van der Waals surface area contributed by atoms with Gasteiger partial charge in [-0.15, -0.1) is 0 Å². The van der Waals surface area contributed by atoms with Crippen molar-refractivity contribution in [3.63, 3.8) is 0 Å². The molecule has 2 N–H and O–H groups in total. The van der Waals surface area contributed by atoms with Gasteiger partial charge in [0, 0.05) is 49.5 Å². The maximum atomic E-state index is 14.2. The highest BCUT2D eigenvalue weighted by atomic mass is 19.1. The molecule has 0 aliphatic carbocycles. The van der Waals surface area contributed by atoms with Crippen LogP contribution in [-0.2, 0) is 0 Å². The lowest BCUT2D eigenvalue weighted by Crippen LogP contribution is -2.16. The van der Waals surface area contributed by atoms with Crippen LogP contribution in [-0.4, -0.2) is 32.4 Å². The van der Waals surface area contributed by atoms with Gasteiger partial charge in [-0.3, -0.25) is 0 Å². The third-order valence-corrected chi connectivity index (χ3v) is 4.20. The molecule has 29 heavy (non-hydrogen) atoms. The number of benzene rings is 1. The summed E-state index contributed by atoms with van der Waals surface area (Å²) in [5.74, 6) is -0.204. The van der Waals surface area contributed by atoms with E-state index < -0.39 is 11.6 Å². The maximum Gasteiger partial charge on any atom is 0.180 e. The summed E-state index contributed by atoms with van der Waals surface area (Å²) in [6, 6.07) is 8.80. The minimum atomic E-state index is -0.684. The molecule has 0 fully saturated rings. The van der Waals surface area contributed by atoms with Crippen molar-refractivity contribution < 1.29 is 8.78 Å². The number of nitrogens with one attached hydrogen (secondary N) is 2. The second kappa shape index (κ2) is 7.90. The Hall–Kier alpha value is -4.06. The van der Waals surface area contributed by atoms with Crippen molar-refractivity contribution in [3.05, 3.63) is 72.3 Å². The lowest BCUT2D eigenvalue weighted by Gasteiger charge is -2.11. The first-order valence-electron chi connectivity index (χ1n) is 8.77. The van der Waals surface area contributed by atoms with Crippen LogP contribution >= 0.6 is 0 Å². The molecule has 4 aromatic rings. The smallest absolute Gasteiger partial charge is 0.180 e. The number of anilines is 2. The Labute approximate surface area is 164 Å². The van der Waals surface area contributed by atoms with E-state index in [9.17, 15) is 8.78 Å². The molecule has 0 atom stereocenters. The van der Waals surface area contributed by atoms with Gasteiger partial charge in [-0.2, -0.15) is 5.26 Å². The van der Waals surface area contributed by atoms with E-state index in [1.165, 1.54) is 18.3 Å². The molecule has 7 nitrogen and oxygen atoms in total. The summed E-state index contributed by atoms with van der Waals surface area (Å²) < 4.78 is 29.1. The highest BCUT2D eigenvalue weighted by Crippen LogP contribution is 2.24. The zero-order valence-electron chi connectivity index (χ0n) is 15.1. The van der Waals surface area contributed by atoms with Crippen molar-refractivity contribution in [2.24, 2.45) is 0 Å². The van der Waals surface area contributed by atoms with E-state index in [0.717, 1.165) is 6.07 Å². The van der Waals surface area contributed by atoms with E-state index in [4.69, 9.17) is 5.26 Å². The number of hydrogen-bond acceptors (Lipinski definition) is 6. The Kier molecular flexibility index (Phi) is 4.99. The molecule has 0 saturated heterocycles. The van der Waals surface area contributed by atoms with Crippen LogP contribution in [0.4, 0.5) is 20.4 Å². The zero-order valence-corrected chi connectivity index (χ0v) is 15.1. The molecule has 0 aliphatic heterocycles. The molecule has 0 unspecified atom stereocenters. The van der Waals surface area contributed by atoms with Gasteiger partial charge in [-0.05, 0) is 24.3 Å². The molecule has 1 aromatic carbocycles. The Morgan fingerprint density at radius 2 is 1.93 bits per heavy atom. The molecule has 144 valence electrons. The predicted octanol–water partition coefficient (Wildman–Crippen LogP) is 3.47. The van der Waals surface area contributed by atoms with Crippen LogP contribution in [0.3, 0.4) is 0 Å². The van der Waals surface area contributed by atoms with Crippen molar-refractivity contribution in [2.45, 2.75) is 0 Å². The van der Waals surface area contributed by atoms with Gasteiger partial charge < -0.3 is 15.0 Å². The van der Waals surface area contributed by atoms with Gasteiger partial charge in [-0.25, -0.2) is 23.7 Å². The molecular weight excluding hydrogens is 376 g/mol. The summed E-state index contributed by atoms with van der Waals surface area (Å²) in [6.07, 6.45) is 6.48. The van der Waals surface area contributed by atoms with Gasteiger partial charge in [0.25, 0.3) is 0 Å². The lowest BCUT2D eigenvalue weighted by atomic mass is 10.1. The molecular formula is C20H15F2N7. The first kappa shape index (κ1) is 18.3. The Morgan fingerprint density at radius 1 is 1.07 bits per heavy atom. The topological polar surface area (TPSA) is 90.9 Å². The molecule has 3 aromatic heterocycles. The quantitative estimate of drug-likeness (QED) is 0.489. The number of fused-ring (bicyclic) bond motifs is 1. The second-order valence-electron chi connectivity index (χ2n) is 6.15. The Balaban J connectivity index is 1.50. The molecule has 0 bridgehead atoms. The third kappa shape index (κ3) is 3.96. The van der Waals surface area contributed by atoms with E-state index in [1.807, 2.05) is 6.07 Å². The summed E-state index contributed by atoms with van der Waals surface area (Å²) >= 11 is 0. The highest BCUT2D eigenvalue weighted by Gasteiger charge is 2.12. The molecule has 0 saturated carbocycles. The van der Waals surface area contributed by atoms with Crippen molar-refractivity contribution in [1.82, 2.24) is 19.4 Å². The van der Waals surface area contributed by atoms with Crippen LogP contribution < -0.4 is 10.6 Å². The van der Waals surface area contributed by atoms with Crippen LogP contribution in [0.15, 0.2) is 55.1 Å². The number of rotatable bonds is 6. The first-order chi connectivity index (χ1) is 14.1. The van der Waals surface area contributed by atoms with Crippen LogP contribution in [0, 0.1) is 23.0 Å². The fourth-order valence-corrected chi connectivity index (χ4v) is 2.81. The minimum Gasteiger partial charge on any atom is -0.368 e. The van der Waals surface area contributed by atoms with Crippen LogP contribution in [0.5, 0.6) is 0 Å².